The molecule has 1 rings (SSSR count). The summed E-state index contributed by atoms with van der Waals surface area (Å²) in [6.07, 6.45) is 2.78. The van der Waals surface area contributed by atoms with E-state index in [1.165, 1.54) is 0 Å². The lowest BCUT2D eigenvalue weighted by atomic mass is 9.60. The molecule has 0 aromatic rings. The molecule has 1 saturated carbocycles. The molecule has 3 N–H and O–H groups in total. The van der Waals surface area contributed by atoms with Crippen molar-refractivity contribution in [2.45, 2.75) is 40.0 Å². The maximum Gasteiger partial charge on any atom is 0.407 e. The Bertz CT molecular complexity index is 671. The summed E-state index contributed by atoms with van der Waals surface area (Å²) in [7, 11) is 0. The molecule has 0 aliphatic heterocycles. The standard InChI is InChI=1S/C24H42N2O9/c1-5-20(28)33-11-8-32-10-13-34-21(29)25-16-19-14-23(2,3)17-24(4,15-19)18-26-22(30)35-12-9-31-7-6-27/h5,19,27H,1,6-18H2,2-4H3,(H,25,29)(H,26,30). The Morgan fingerprint density at radius 3 is 2.06 bits per heavy atom. The highest BCUT2D eigenvalue weighted by atomic mass is 16.6. The molecule has 2 unspecified atom stereocenters. The molecule has 2 atom stereocenters. The van der Waals surface area contributed by atoms with Gasteiger partial charge in [-0.1, -0.05) is 27.4 Å². The fourth-order valence-corrected chi connectivity index (χ4v) is 4.66. The second-order valence-electron chi connectivity index (χ2n) is 9.75. The third kappa shape index (κ3) is 14.6. The van der Waals surface area contributed by atoms with Crippen LogP contribution >= 0.6 is 0 Å². The Labute approximate surface area is 207 Å². The normalized spacial score (nSPS) is 21.0. The van der Waals surface area contributed by atoms with E-state index in [1.54, 1.807) is 0 Å². The van der Waals surface area contributed by atoms with E-state index < -0.39 is 18.2 Å². The van der Waals surface area contributed by atoms with E-state index in [2.05, 4.69) is 38.0 Å². The van der Waals surface area contributed by atoms with Crippen LogP contribution in [0.2, 0.25) is 0 Å². The summed E-state index contributed by atoms with van der Waals surface area (Å²) < 4.78 is 25.3. The Hall–Kier alpha value is -2.37. The van der Waals surface area contributed by atoms with Crippen molar-refractivity contribution in [3.63, 3.8) is 0 Å². The van der Waals surface area contributed by atoms with Crippen molar-refractivity contribution in [1.82, 2.24) is 10.6 Å². The van der Waals surface area contributed by atoms with Crippen LogP contribution in [0.1, 0.15) is 40.0 Å². The number of esters is 1. The molecule has 0 heterocycles. The van der Waals surface area contributed by atoms with Crippen LogP contribution in [0.3, 0.4) is 0 Å². The van der Waals surface area contributed by atoms with Gasteiger partial charge in [-0.2, -0.15) is 0 Å². The molecule has 1 aliphatic rings. The first kappa shape index (κ1) is 30.7. The summed E-state index contributed by atoms with van der Waals surface area (Å²) in [6.45, 7) is 11.9. The van der Waals surface area contributed by atoms with Crippen LogP contribution in [0.4, 0.5) is 9.59 Å². The van der Waals surface area contributed by atoms with E-state index in [4.69, 9.17) is 28.8 Å². The highest BCUT2D eigenvalue weighted by Crippen LogP contribution is 2.48. The predicted octanol–water partition coefficient (Wildman–Crippen LogP) is 2.03. The minimum Gasteiger partial charge on any atom is -0.460 e. The average molecular weight is 503 g/mol. The maximum atomic E-state index is 12.0. The van der Waals surface area contributed by atoms with Crippen LogP contribution in [0.25, 0.3) is 0 Å². The van der Waals surface area contributed by atoms with Gasteiger partial charge in [0.1, 0.15) is 19.8 Å². The lowest BCUT2D eigenvalue weighted by Gasteiger charge is -2.46. The van der Waals surface area contributed by atoms with Gasteiger partial charge in [0.15, 0.2) is 0 Å². The second-order valence-corrected chi connectivity index (χ2v) is 9.75. The molecule has 35 heavy (non-hydrogen) atoms. The van der Waals surface area contributed by atoms with Gasteiger partial charge < -0.3 is 39.4 Å². The fourth-order valence-electron chi connectivity index (χ4n) is 4.66. The van der Waals surface area contributed by atoms with Crippen molar-refractivity contribution in [3.05, 3.63) is 12.7 Å². The van der Waals surface area contributed by atoms with Gasteiger partial charge in [0.2, 0.25) is 0 Å². The van der Waals surface area contributed by atoms with Crippen LogP contribution < -0.4 is 10.6 Å². The van der Waals surface area contributed by atoms with E-state index in [1.807, 2.05) is 0 Å². The number of aliphatic hydroxyl groups is 1. The Morgan fingerprint density at radius 2 is 1.46 bits per heavy atom. The lowest BCUT2D eigenvalue weighted by Crippen LogP contribution is -2.46. The predicted molar refractivity (Wildman–Crippen MR) is 128 cm³/mol. The number of ether oxygens (including phenoxy) is 5. The van der Waals surface area contributed by atoms with E-state index in [0.29, 0.717) is 13.1 Å². The molecule has 202 valence electrons. The maximum absolute atomic E-state index is 12.0. The molecule has 11 nitrogen and oxygen atoms in total. The van der Waals surface area contributed by atoms with Crippen LogP contribution in [-0.4, -0.2) is 89.2 Å². The van der Waals surface area contributed by atoms with E-state index in [9.17, 15) is 14.4 Å². The first-order valence-corrected chi connectivity index (χ1v) is 12.0. The zero-order valence-corrected chi connectivity index (χ0v) is 21.3. The minimum atomic E-state index is -0.512. The van der Waals surface area contributed by atoms with Crippen molar-refractivity contribution in [2.75, 3.05) is 65.9 Å². The van der Waals surface area contributed by atoms with Gasteiger partial charge in [-0.3, -0.25) is 0 Å². The quantitative estimate of drug-likeness (QED) is 0.125. The van der Waals surface area contributed by atoms with Gasteiger partial charge >= 0.3 is 18.2 Å². The summed E-state index contributed by atoms with van der Waals surface area (Å²) in [6, 6.07) is 0. The number of rotatable bonds is 16. The number of alkyl carbamates (subject to hydrolysis) is 2. The molecule has 0 aromatic carbocycles. The Balaban J connectivity index is 2.30. The monoisotopic (exact) mass is 502 g/mol. The van der Waals surface area contributed by atoms with Crippen LogP contribution in [0, 0.1) is 16.7 Å². The first-order valence-electron chi connectivity index (χ1n) is 12.0. The van der Waals surface area contributed by atoms with Gasteiger partial charge in [0.25, 0.3) is 0 Å². The zero-order chi connectivity index (χ0) is 26.2. The number of aliphatic hydroxyl groups excluding tert-OH is 1. The number of hydrogen-bond acceptors (Lipinski definition) is 9. The van der Waals surface area contributed by atoms with Crippen LogP contribution in [-0.2, 0) is 28.5 Å². The number of carbonyl (C=O) groups is 3. The smallest absolute Gasteiger partial charge is 0.407 e. The third-order valence-electron chi connectivity index (χ3n) is 5.52. The van der Waals surface area contributed by atoms with Crippen molar-refractivity contribution < 1.29 is 43.2 Å². The molecule has 2 amide bonds. The molecular formula is C24H42N2O9. The van der Waals surface area contributed by atoms with Crippen molar-refractivity contribution in [3.8, 4) is 0 Å². The van der Waals surface area contributed by atoms with Gasteiger partial charge in [0.05, 0.1) is 33.0 Å². The first-order chi connectivity index (χ1) is 16.6. The Kier molecular flexibility index (Phi) is 14.3. The summed E-state index contributed by atoms with van der Waals surface area (Å²) >= 11 is 0. The molecule has 0 saturated heterocycles. The summed E-state index contributed by atoms with van der Waals surface area (Å²) in [5, 5.41) is 14.3. The van der Waals surface area contributed by atoms with E-state index >= 15 is 0 Å². The van der Waals surface area contributed by atoms with Crippen LogP contribution in [0.5, 0.6) is 0 Å². The summed E-state index contributed by atoms with van der Waals surface area (Å²) in [4.78, 5) is 34.9. The number of hydrogen-bond donors (Lipinski definition) is 3. The highest BCUT2D eigenvalue weighted by Gasteiger charge is 2.41. The molecule has 0 bridgehead atoms. The van der Waals surface area contributed by atoms with Gasteiger partial charge in [-0.15, -0.1) is 0 Å². The van der Waals surface area contributed by atoms with Gasteiger partial charge in [-0.05, 0) is 36.0 Å². The summed E-state index contributed by atoms with van der Waals surface area (Å²) in [5.41, 5.74) is -0.0941. The van der Waals surface area contributed by atoms with Crippen molar-refractivity contribution >= 4 is 18.2 Å². The largest absolute Gasteiger partial charge is 0.460 e. The molecule has 0 aromatic heterocycles. The van der Waals surface area contributed by atoms with Gasteiger partial charge in [-0.25, -0.2) is 14.4 Å². The van der Waals surface area contributed by atoms with Crippen LogP contribution in [0.15, 0.2) is 12.7 Å². The van der Waals surface area contributed by atoms with Gasteiger partial charge in [0, 0.05) is 19.2 Å². The zero-order valence-electron chi connectivity index (χ0n) is 21.3. The second kappa shape index (κ2) is 16.3. The lowest BCUT2D eigenvalue weighted by molar-refractivity contribution is -0.139. The topological polar surface area (TPSA) is 142 Å². The fraction of sp³-hybridized carbons (Fsp3) is 0.792. The van der Waals surface area contributed by atoms with E-state index in [-0.39, 0.29) is 69.6 Å². The Morgan fingerprint density at radius 1 is 0.886 bits per heavy atom. The number of carbonyl (C=O) groups excluding carboxylic acids is 3. The number of nitrogens with one attached hydrogen (secondary N) is 2. The molecular weight excluding hydrogens is 460 g/mol. The molecule has 11 heteroatoms. The van der Waals surface area contributed by atoms with Crippen molar-refractivity contribution in [2.24, 2.45) is 16.7 Å². The van der Waals surface area contributed by atoms with Crippen molar-refractivity contribution in [1.29, 1.82) is 0 Å². The molecule has 1 aliphatic carbocycles. The summed E-state index contributed by atoms with van der Waals surface area (Å²) in [5.74, 6) is -0.279. The minimum absolute atomic E-state index is 0.0515. The third-order valence-corrected chi connectivity index (χ3v) is 5.52. The molecule has 0 spiro atoms. The SMILES string of the molecule is C=CC(=O)OCCOCCOC(=O)NCC1CC(C)(C)CC(C)(CNC(=O)OCCOCCO)C1. The average Bonchev–Trinajstić information content (AvgIpc) is 2.79. The molecule has 0 radical (unpaired) electrons. The highest BCUT2D eigenvalue weighted by molar-refractivity contribution is 5.81. The number of amides is 2. The molecule has 1 fully saturated rings. The van der Waals surface area contributed by atoms with E-state index in [0.717, 1.165) is 25.3 Å².